The number of hydrogen-bond donors (Lipinski definition) is 1. The van der Waals surface area contributed by atoms with Gasteiger partial charge in [0.05, 0.1) is 33.5 Å². The molecule has 0 heterocycles. The Labute approximate surface area is 145 Å². The molecule has 0 aliphatic rings. The van der Waals surface area contributed by atoms with Crippen LogP contribution in [0, 0.1) is 5.92 Å². The molecule has 136 valence electrons. The van der Waals surface area contributed by atoms with E-state index in [9.17, 15) is 5.11 Å². The Balaban J connectivity index is 2.72. The molecular weight excluding hydrogens is 306 g/mol. The van der Waals surface area contributed by atoms with Crippen LogP contribution in [0.25, 0.3) is 0 Å². The van der Waals surface area contributed by atoms with Crippen LogP contribution in [0.15, 0.2) is 30.9 Å². The maximum Gasteiger partial charge on any atom is 0.161 e. The van der Waals surface area contributed by atoms with Gasteiger partial charge in [0.25, 0.3) is 0 Å². The lowest BCUT2D eigenvalue weighted by atomic mass is 10.1. The van der Waals surface area contributed by atoms with E-state index in [0.717, 1.165) is 30.2 Å². The number of benzene rings is 1. The number of aliphatic hydroxyl groups is 1. The Morgan fingerprint density at radius 3 is 2.46 bits per heavy atom. The summed E-state index contributed by atoms with van der Waals surface area (Å²) in [5.74, 6) is 1.94. The van der Waals surface area contributed by atoms with E-state index in [2.05, 4.69) is 25.3 Å². The van der Waals surface area contributed by atoms with Crippen LogP contribution in [0.1, 0.15) is 19.4 Å². The fraction of sp³-hybridized carbons (Fsp3) is 0.579. The molecular formula is C19H31NO4. The first kappa shape index (κ1) is 20.5. The van der Waals surface area contributed by atoms with Gasteiger partial charge in [-0.05, 0) is 23.6 Å². The lowest BCUT2D eigenvalue weighted by Gasteiger charge is -2.27. The van der Waals surface area contributed by atoms with Crippen molar-refractivity contribution in [1.29, 1.82) is 0 Å². The zero-order valence-corrected chi connectivity index (χ0v) is 15.3. The Morgan fingerprint density at radius 1 is 1.17 bits per heavy atom. The van der Waals surface area contributed by atoms with Crippen molar-refractivity contribution < 1.29 is 19.3 Å². The standard InChI is InChI=1S/C19H31NO4/c1-6-9-24-14-17(21)13-20(11-15(2)3)12-16-7-8-18(22-4)19(10-16)23-5/h6-8,10,15,17,21H,1,9,11-14H2,2-5H3/t17-/m0/s1. The summed E-state index contributed by atoms with van der Waals surface area (Å²) < 4.78 is 16.0. The molecule has 0 aromatic heterocycles. The molecule has 24 heavy (non-hydrogen) atoms. The fourth-order valence-electron chi connectivity index (χ4n) is 2.60. The quantitative estimate of drug-likeness (QED) is 0.469. The Kier molecular flexibility index (Phi) is 9.45. The molecule has 0 aliphatic carbocycles. The first-order valence-electron chi connectivity index (χ1n) is 8.30. The minimum atomic E-state index is -0.524. The second-order valence-corrected chi connectivity index (χ2v) is 6.26. The van der Waals surface area contributed by atoms with Crippen molar-refractivity contribution in [1.82, 2.24) is 4.90 Å². The van der Waals surface area contributed by atoms with E-state index < -0.39 is 6.10 Å². The zero-order chi connectivity index (χ0) is 17.9. The molecule has 1 aromatic rings. The molecule has 1 aromatic carbocycles. The van der Waals surface area contributed by atoms with Gasteiger partial charge >= 0.3 is 0 Å². The van der Waals surface area contributed by atoms with E-state index >= 15 is 0 Å². The van der Waals surface area contributed by atoms with Crippen LogP contribution in [-0.4, -0.2) is 56.6 Å². The van der Waals surface area contributed by atoms with Crippen molar-refractivity contribution in [2.24, 2.45) is 5.92 Å². The SMILES string of the molecule is C=CCOC[C@@H](O)CN(Cc1ccc(OC)c(OC)c1)CC(C)C. The number of nitrogens with zero attached hydrogens (tertiary/aromatic N) is 1. The van der Waals surface area contributed by atoms with Gasteiger partial charge in [0, 0.05) is 19.6 Å². The smallest absolute Gasteiger partial charge is 0.161 e. The summed E-state index contributed by atoms with van der Waals surface area (Å²) in [6, 6.07) is 5.91. The molecule has 0 saturated heterocycles. The van der Waals surface area contributed by atoms with E-state index in [1.54, 1.807) is 20.3 Å². The third-order valence-electron chi connectivity index (χ3n) is 3.49. The van der Waals surface area contributed by atoms with E-state index in [1.807, 2.05) is 18.2 Å². The van der Waals surface area contributed by atoms with Crippen molar-refractivity contribution in [2.45, 2.75) is 26.5 Å². The molecule has 5 nitrogen and oxygen atoms in total. The Hall–Kier alpha value is -1.56. The average Bonchev–Trinajstić information content (AvgIpc) is 2.54. The van der Waals surface area contributed by atoms with Gasteiger partial charge in [0.15, 0.2) is 11.5 Å². The molecule has 0 saturated carbocycles. The lowest BCUT2D eigenvalue weighted by molar-refractivity contribution is 0.0223. The Bertz CT molecular complexity index is 490. The molecule has 0 bridgehead atoms. The van der Waals surface area contributed by atoms with Crippen LogP contribution in [-0.2, 0) is 11.3 Å². The molecule has 5 heteroatoms. The van der Waals surface area contributed by atoms with Crippen molar-refractivity contribution >= 4 is 0 Å². The lowest BCUT2D eigenvalue weighted by Crippen LogP contribution is -2.36. The van der Waals surface area contributed by atoms with Crippen LogP contribution in [0.3, 0.4) is 0 Å². The highest BCUT2D eigenvalue weighted by Crippen LogP contribution is 2.28. The highest BCUT2D eigenvalue weighted by molar-refractivity contribution is 5.42. The summed E-state index contributed by atoms with van der Waals surface area (Å²) in [6.07, 6.45) is 1.16. The van der Waals surface area contributed by atoms with Gasteiger partial charge in [0.1, 0.15) is 0 Å². The maximum absolute atomic E-state index is 10.2. The summed E-state index contributed by atoms with van der Waals surface area (Å²) in [6.45, 7) is 10.9. The van der Waals surface area contributed by atoms with Gasteiger partial charge in [-0.15, -0.1) is 6.58 Å². The van der Waals surface area contributed by atoms with Crippen molar-refractivity contribution in [3.8, 4) is 11.5 Å². The van der Waals surface area contributed by atoms with E-state index in [-0.39, 0.29) is 0 Å². The highest BCUT2D eigenvalue weighted by Gasteiger charge is 2.15. The summed E-state index contributed by atoms with van der Waals surface area (Å²) in [4.78, 5) is 2.23. The minimum Gasteiger partial charge on any atom is -0.493 e. The number of methoxy groups -OCH3 is 2. The van der Waals surface area contributed by atoms with Gasteiger partial charge in [0.2, 0.25) is 0 Å². The number of aliphatic hydroxyl groups excluding tert-OH is 1. The van der Waals surface area contributed by atoms with Crippen LogP contribution in [0.2, 0.25) is 0 Å². The summed E-state index contributed by atoms with van der Waals surface area (Å²) in [7, 11) is 3.26. The van der Waals surface area contributed by atoms with Gasteiger partial charge < -0.3 is 19.3 Å². The molecule has 1 rings (SSSR count). The Morgan fingerprint density at radius 2 is 1.88 bits per heavy atom. The second kappa shape index (κ2) is 11.1. The predicted molar refractivity (Wildman–Crippen MR) is 96.7 cm³/mol. The normalized spacial score (nSPS) is 12.5. The fourth-order valence-corrected chi connectivity index (χ4v) is 2.60. The van der Waals surface area contributed by atoms with E-state index in [4.69, 9.17) is 14.2 Å². The topological polar surface area (TPSA) is 51.2 Å². The van der Waals surface area contributed by atoms with E-state index in [0.29, 0.717) is 25.7 Å². The summed E-state index contributed by atoms with van der Waals surface area (Å²) in [5, 5.41) is 10.2. The largest absolute Gasteiger partial charge is 0.493 e. The van der Waals surface area contributed by atoms with Crippen molar-refractivity contribution in [3.63, 3.8) is 0 Å². The van der Waals surface area contributed by atoms with Gasteiger partial charge in [-0.25, -0.2) is 0 Å². The third kappa shape index (κ3) is 7.34. The van der Waals surface area contributed by atoms with Crippen LogP contribution in [0.5, 0.6) is 11.5 Å². The zero-order valence-electron chi connectivity index (χ0n) is 15.3. The number of rotatable bonds is 12. The highest BCUT2D eigenvalue weighted by atomic mass is 16.5. The first-order valence-corrected chi connectivity index (χ1v) is 8.30. The average molecular weight is 337 g/mol. The number of ether oxygens (including phenoxy) is 3. The van der Waals surface area contributed by atoms with Crippen LogP contribution in [0.4, 0.5) is 0 Å². The van der Waals surface area contributed by atoms with Gasteiger partial charge in [-0.3, -0.25) is 4.90 Å². The molecule has 0 unspecified atom stereocenters. The predicted octanol–water partition coefficient (Wildman–Crippen LogP) is 2.73. The first-order chi connectivity index (χ1) is 11.5. The molecule has 1 atom stereocenters. The van der Waals surface area contributed by atoms with Crippen molar-refractivity contribution in [3.05, 3.63) is 36.4 Å². The van der Waals surface area contributed by atoms with Gasteiger partial charge in [-0.2, -0.15) is 0 Å². The third-order valence-corrected chi connectivity index (χ3v) is 3.49. The summed E-state index contributed by atoms with van der Waals surface area (Å²) >= 11 is 0. The van der Waals surface area contributed by atoms with Crippen LogP contribution >= 0.6 is 0 Å². The van der Waals surface area contributed by atoms with Crippen LogP contribution < -0.4 is 9.47 Å². The second-order valence-electron chi connectivity index (χ2n) is 6.26. The van der Waals surface area contributed by atoms with Crippen molar-refractivity contribution in [2.75, 3.05) is 40.5 Å². The van der Waals surface area contributed by atoms with E-state index in [1.165, 1.54) is 0 Å². The molecule has 0 radical (unpaired) electrons. The molecule has 0 aliphatic heterocycles. The molecule has 0 fully saturated rings. The summed E-state index contributed by atoms with van der Waals surface area (Å²) in [5.41, 5.74) is 1.12. The minimum absolute atomic E-state index is 0.312. The molecule has 0 spiro atoms. The number of hydrogen-bond acceptors (Lipinski definition) is 5. The molecule has 1 N–H and O–H groups in total. The van der Waals surface area contributed by atoms with Gasteiger partial charge in [-0.1, -0.05) is 26.0 Å². The molecule has 0 amide bonds. The maximum atomic E-state index is 10.2. The monoisotopic (exact) mass is 337 g/mol.